The second kappa shape index (κ2) is 10.5. The van der Waals surface area contributed by atoms with Crippen LogP contribution in [0.15, 0.2) is 22.6 Å². The number of carbonyl (C=O) groups excluding carboxylic acids is 3. The highest BCUT2D eigenvalue weighted by Gasteiger charge is 2.70. The normalized spacial score (nSPS) is 28.4. The largest absolute Gasteiger partial charge is 0.508 e. The fourth-order valence-corrected chi connectivity index (χ4v) is 6.95. The van der Waals surface area contributed by atoms with E-state index in [1.54, 1.807) is 25.7 Å². The van der Waals surface area contributed by atoms with Crippen molar-refractivity contribution in [3.63, 3.8) is 0 Å². The van der Waals surface area contributed by atoms with Crippen molar-refractivity contribution in [2.24, 2.45) is 5.41 Å². The van der Waals surface area contributed by atoms with E-state index in [1.807, 2.05) is 25.7 Å². The Labute approximate surface area is 237 Å². The Balaban J connectivity index is 1.56. The van der Waals surface area contributed by atoms with Crippen LogP contribution in [0.4, 0.5) is 9.59 Å². The van der Waals surface area contributed by atoms with Crippen LogP contribution < -0.4 is 0 Å². The number of nitrogens with zero attached hydrogens (tertiary/aromatic N) is 2. The molecule has 2 saturated heterocycles. The third kappa shape index (κ3) is 5.36. The fraction of sp³-hybridized carbons (Fsp3) is 0.710. The first kappa shape index (κ1) is 28.6. The van der Waals surface area contributed by atoms with E-state index < -0.39 is 40.9 Å². The molecule has 2 fully saturated rings. The summed E-state index contributed by atoms with van der Waals surface area (Å²) in [4.78, 5) is 44.5. The molecule has 0 N–H and O–H groups in total. The lowest BCUT2D eigenvalue weighted by Crippen LogP contribution is -2.53. The van der Waals surface area contributed by atoms with Gasteiger partial charge in [-0.3, -0.25) is 9.69 Å². The van der Waals surface area contributed by atoms with Gasteiger partial charge >= 0.3 is 12.2 Å². The number of hydrogen-bond donors (Lipinski definition) is 0. The molecule has 4 aliphatic heterocycles. The number of amides is 2. The molecule has 0 saturated carbocycles. The third-order valence-corrected chi connectivity index (χ3v) is 8.35. The van der Waals surface area contributed by atoms with Gasteiger partial charge in [0.1, 0.15) is 35.4 Å². The lowest BCUT2D eigenvalue weighted by Gasteiger charge is -2.44. The summed E-state index contributed by atoms with van der Waals surface area (Å²) in [5, 5.41) is 0. The van der Waals surface area contributed by atoms with E-state index in [4.69, 9.17) is 18.6 Å². The van der Waals surface area contributed by atoms with Crippen LogP contribution in [0.5, 0.6) is 0 Å². The first-order chi connectivity index (χ1) is 18.8. The molecular weight excluding hydrogens is 512 g/mol. The van der Waals surface area contributed by atoms with Crippen molar-refractivity contribution in [1.29, 1.82) is 0 Å². The van der Waals surface area contributed by atoms with E-state index in [1.165, 1.54) is 0 Å². The fourth-order valence-electron chi connectivity index (χ4n) is 6.95. The van der Waals surface area contributed by atoms with Gasteiger partial charge in [0.05, 0.1) is 11.5 Å². The maximum atomic E-state index is 14.5. The summed E-state index contributed by atoms with van der Waals surface area (Å²) in [7, 11) is 0. The number of fused-ring (bicyclic) bond motifs is 7. The van der Waals surface area contributed by atoms with Crippen LogP contribution in [0.1, 0.15) is 109 Å². The van der Waals surface area contributed by atoms with Gasteiger partial charge in [-0.25, -0.2) is 9.59 Å². The summed E-state index contributed by atoms with van der Waals surface area (Å²) in [5.74, 6) is 1.52. The minimum absolute atomic E-state index is 0.0560. The maximum Gasteiger partial charge on any atom is 0.508 e. The molecule has 220 valence electrons. The van der Waals surface area contributed by atoms with Crippen molar-refractivity contribution in [1.82, 2.24) is 9.80 Å². The molecular formula is C31H44N2O7. The highest BCUT2D eigenvalue weighted by molar-refractivity contribution is 5.89. The molecule has 9 heteroatoms. The van der Waals surface area contributed by atoms with E-state index in [0.717, 1.165) is 49.8 Å². The first-order valence-corrected chi connectivity index (χ1v) is 14.7. The number of furan rings is 1. The van der Waals surface area contributed by atoms with Crippen molar-refractivity contribution < 1.29 is 33.0 Å². The van der Waals surface area contributed by atoms with Gasteiger partial charge in [-0.15, -0.1) is 0 Å². The van der Waals surface area contributed by atoms with Crippen molar-refractivity contribution >= 4 is 18.2 Å². The van der Waals surface area contributed by atoms with Crippen LogP contribution in [0.25, 0.3) is 0 Å². The Bertz CT molecular complexity index is 1170. The number of hydrogen-bond acceptors (Lipinski definition) is 7. The van der Waals surface area contributed by atoms with Crippen LogP contribution >= 0.6 is 0 Å². The number of rotatable bonds is 2. The minimum Gasteiger partial charge on any atom is -0.464 e. The molecule has 0 unspecified atom stereocenters. The minimum atomic E-state index is -0.887. The Kier molecular flexibility index (Phi) is 7.46. The van der Waals surface area contributed by atoms with Gasteiger partial charge in [0.25, 0.3) is 0 Å². The molecule has 1 aromatic heterocycles. The Morgan fingerprint density at radius 3 is 2.48 bits per heavy atom. The number of ether oxygens (including phenoxy) is 3. The Morgan fingerprint density at radius 1 is 1.02 bits per heavy atom. The van der Waals surface area contributed by atoms with Gasteiger partial charge in [-0.2, -0.15) is 0 Å². The van der Waals surface area contributed by atoms with Gasteiger partial charge in [0, 0.05) is 31.0 Å². The second-order valence-corrected chi connectivity index (χ2v) is 13.6. The van der Waals surface area contributed by atoms with Crippen molar-refractivity contribution in [2.75, 3.05) is 19.7 Å². The van der Waals surface area contributed by atoms with Gasteiger partial charge in [-0.1, -0.05) is 12.2 Å². The highest BCUT2D eigenvalue weighted by Crippen LogP contribution is 2.67. The number of allylic oxidation sites excluding steroid dienone is 2. The summed E-state index contributed by atoms with van der Waals surface area (Å²) in [6.45, 7) is 12.0. The highest BCUT2D eigenvalue weighted by atomic mass is 16.7. The number of carbonyl (C=O) groups is 3. The third-order valence-electron chi connectivity index (χ3n) is 8.35. The van der Waals surface area contributed by atoms with Crippen molar-refractivity contribution in [2.45, 2.75) is 116 Å². The van der Waals surface area contributed by atoms with E-state index in [9.17, 15) is 14.4 Å². The molecule has 0 radical (unpaired) electrons. The van der Waals surface area contributed by atoms with Gasteiger partial charge in [0.15, 0.2) is 0 Å². The molecule has 4 atom stereocenters. The van der Waals surface area contributed by atoms with Crippen molar-refractivity contribution in [3.05, 3.63) is 35.3 Å². The lowest BCUT2D eigenvalue weighted by molar-refractivity contribution is -0.149. The second-order valence-electron chi connectivity index (χ2n) is 13.6. The summed E-state index contributed by atoms with van der Waals surface area (Å²) in [6, 6.07) is 0.914. The number of piperidine rings is 1. The molecule has 1 spiro atoms. The van der Waals surface area contributed by atoms with E-state index in [-0.39, 0.29) is 18.4 Å². The summed E-state index contributed by atoms with van der Waals surface area (Å²) >= 11 is 0. The zero-order valence-electron chi connectivity index (χ0n) is 24.8. The summed E-state index contributed by atoms with van der Waals surface area (Å²) in [5.41, 5.74) is -1.31. The maximum absolute atomic E-state index is 14.5. The van der Waals surface area contributed by atoms with Crippen LogP contribution in [-0.2, 0) is 25.4 Å². The molecule has 1 aliphatic carbocycles. The first-order valence-electron chi connectivity index (χ1n) is 14.7. The topological polar surface area (TPSA) is 98.5 Å². The summed E-state index contributed by atoms with van der Waals surface area (Å²) in [6.07, 6.45) is 8.80. The standard InChI is InChI=1S/C31H44N2O7/c1-29(2,3)39-27(35)33-20(19-37-28(36)40-30(4,5)6)18-31-23-14-16-32(26(31)34)15-12-10-8-7-9-11-13-21-17-22(23)24(38-21)25(31)33/h7,9,17,20,23,25H,8,10-16,18-19H2,1-6H3/t20-,23+,25+,31+/m1/s1. The Morgan fingerprint density at radius 2 is 1.75 bits per heavy atom. The van der Waals surface area contributed by atoms with Crippen LogP contribution in [-0.4, -0.2) is 64.9 Å². The molecule has 1 aromatic rings. The molecule has 2 amide bonds. The van der Waals surface area contributed by atoms with E-state index in [0.29, 0.717) is 25.3 Å². The molecule has 9 nitrogen and oxygen atoms in total. The zero-order chi connectivity index (χ0) is 28.9. The number of aryl methyl sites for hydroxylation is 1. The molecule has 40 heavy (non-hydrogen) atoms. The molecule has 6 bridgehead atoms. The van der Waals surface area contributed by atoms with Crippen LogP contribution in [0, 0.1) is 5.41 Å². The lowest BCUT2D eigenvalue weighted by atomic mass is 9.67. The van der Waals surface area contributed by atoms with E-state index >= 15 is 0 Å². The molecule has 5 heterocycles. The summed E-state index contributed by atoms with van der Waals surface area (Å²) < 4.78 is 23.3. The molecule has 5 aliphatic rings. The quantitative estimate of drug-likeness (QED) is 0.313. The Hall–Kier alpha value is -2.97. The van der Waals surface area contributed by atoms with Crippen LogP contribution in [0.3, 0.4) is 0 Å². The zero-order valence-corrected chi connectivity index (χ0v) is 24.8. The molecule has 0 aromatic carbocycles. The van der Waals surface area contributed by atoms with Gasteiger partial charge in [-0.05, 0) is 86.1 Å². The van der Waals surface area contributed by atoms with Gasteiger partial charge in [0.2, 0.25) is 5.91 Å². The predicted molar refractivity (Wildman–Crippen MR) is 148 cm³/mol. The average molecular weight is 557 g/mol. The molecule has 6 rings (SSSR count). The van der Waals surface area contributed by atoms with Crippen LogP contribution in [0.2, 0.25) is 0 Å². The van der Waals surface area contributed by atoms with Gasteiger partial charge < -0.3 is 23.5 Å². The average Bonchev–Trinajstić information content (AvgIpc) is 3.45. The van der Waals surface area contributed by atoms with E-state index in [2.05, 4.69) is 18.2 Å². The predicted octanol–water partition coefficient (Wildman–Crippen LogP) is 6.27. The smallest absolute Gasteiger partial charge is 0.464 e. The number of likely N-dealkylation sites (tertiary alicyclic amines) is 1. The van der Waals surface area contributed by atoms with Crippen molar-refractivity contribution in [3.8, 4) is 0 Å². The monoisotopic (exact) mass is 556 g/mol. The SMILES string of the molecule is CC(C)(C)OC(=O)OC[C@H]1C[C@@]23C(=O)N4CCCCC=CCCc5cc(c(o5)[C@@H]2N1C(=O)OC(C)(C)C)[C@@H]3CC4.